The van der Waals surface area contributed by atoms with E-state index in [0.717, 1.165) is 38.8 Å². The Morgan fingerprint density at radius 2 is 0.933 bits per heavy atom. The van der Waals surface area contributed by atoms with Gasteiger partial charge in [0.1, 0.15) is 0 Å². The molecule has 0 atom stereocenters. The van der Waals surface area contributed by atoms with Crippen LogP contribution in [0.15, 0.2) is 0 Å². The van der Waals surface area contributed by atoms with Crippen LogP contribution in [0.3, 0.4) is 0 Å². The van der Waals surface area contributed by atoms with Crippen molar-refractivity contribution in [2.24, 2.45) is 0 Å². The van der Waals surface area contributed by atoms with Gasteiger partial charge in [-0.3, -0.25) is 0 Å². The first-order valence-electron chi connectivity index (χ1n) is 11.4. The summed E-state index contributed by atoms with van der Waals surface area (Å²) in [7, 11) is -4.93. The molecule has 0 saturated carbocycles. The molecule has 2 N–H and O–H groups in total. The third-order valence-electron chi connectivity index (χ3n) is 5.42. The Morgan fingerprint density at radius 3 is 1.17 bits per heavy atom. The minimum absolute atomic E-state index is 0.567. The Hall–Kier alpha value is -0.160. The molecule has 0 aromatic carbocycles. The van der Waals surface area contributed by atoms with E-state index in [0.29, 0.717) is 48.0 Å². The van der Waals surface area contributed by atoms with E-state index in [1.165, 1.54) is 0 Å². The van der Waals surface area contributed by atoms with Gasteiger partial charge in [0.25, 0.3) is 0 Å². The molecule has 10 heteroatoms. The second-order valence-electron chi connectivity index (χ2n) is 7.56. The molecule has 0 aliphatic heterocycles. The molecule has 0 saturated heterocycles. The van der Waals surface area contributed by atoms with Crippen LogP contribution in [-0.2, 0) is 9.13 Å². The maximum absolute atomic E-state index is 12.9. The summed E-state index contributed by atoms with van der Waals surface area (Å²) in [4.78, 5) is 4.22. The standard InChI is InChI=1S/C20H44N4O2P2S2/c1-7-13-15-23(19(29)21-27(25,9-3)10-4)17-18-24(16-14-8-2)20(30)22-28(26,11-5)12-6/h7-18H2,1-6H3,(H,21,25,29)(H,22,26,30). The Balaban J connectivity index is 5.27. The van der Waals surface area contributed by atoms with Crippen LogP contribution in [0.1, 0.15) is 67.2 Å². The minimum atomic E-state index is -2.47. The van der Waals surface area contributed by atoms with Gasteiger partial charge < -0.3 is 29.1 Å². The number of rotatable bonds is 15. The van der Waals surface area contributed by atoms with Crippen molar-refractivity contribution in [3.63, 3.8) is 0 Å². The van der Waals surface area contributed by atoms with Crippen molar-refractivity contribution in [2.45, 2.75) is 67.2 Å². The largest absolute Gasteiger partial charge is 0.347 e. The SMILES string of the molecule is CCCCN(CCN(CCCC)C(=S)NP(=O)(CC)CC)C(=S)NP(=O)(CC)CC. The average Bonchev–Trinajstić information content (AvgIpc) is 2.75. The lowest BCUT2D eigenvalue weighted by molar-refractivity contribution is 0.330. The van der Waals surface area contributed by atoms with Gasteiger partial charge >= 0.3 is 0 Å². The molecule has 0 aromatic rings. The summed E-state index contributed by atoms with van der Waals surface area (Å²) in [6.07, 6.45) is 6.51. The summed E-state index contributed by atoms with van der Waals surface area (Å²) < 4.78 is 25.7. The zero-order chi connectivity index (χ0) is 23.2. The summed E-state index contributed by atoms with van der Waals surface area (Å²) in [5.41, 5.74) is 0. The van der Waals surface area contributed by atoms with E-state index in [-0.39, 0.29) is 0 Å². The smallest absolute Gasteiger partial charge is 0.174 e. The third kappa shape index (κ3) is 10.9. The van der Waals surface area contributed by atoms with E-state index in [4.69, 9.17) is 24.4 Å². The van der Waals surface area contributed by atoms with Crippen molar-refractivity contribution >= 4 is 49.2 Å². The Kier molecular flexibility index (Phi) is 15.5. The molecule has 0 heterocycles. The monoisotopic (exact) mass is 498 g/mol. The number of hydrogen-bond acceptors (Lipinski definition) is 4. The van der Waals surface area contributed by atoms with Crippen molar-refractivity contribution in [1.29, 1.82) is 0 Å². The van der Waals surface area contributed by atoms with E-state index >= 15 is 0 Å². The quantitative estimate of drug-likeness (QED) is 0.224. The molecular weight excluding hydrogens is 454 g/mol. The molecule has 6 nitrogen and oxygen atoms in total. The normalized spacial score (nSPS) is 11.8. The lowest BCUT2D eigenvalue weighted by Gasteiger charge is -2.33. The molecule has 30 heavy (non-hydrogen) atoms. The summed E-state index contributed by atoms with van der Waals surface area (Å²) in [6.45, 7) is 15.1. The zero-order valence-electron chi connectivity index (χ0n) is 19.9. The van der Waals surface area contributed by atoms with E-state index in [2.05, 4.69) is 33.8 Å². The maximum Gasteiger partial charge on any atom is 0.174 e. The molecule has 0 unspecified atom stereocenters. The van der Waals surface area contributed by atoms with E-state index < -0.39 is 14.6 Å². The molecule has 0 aromatic heterocycles. The highest BCUT2D eigenvalue weighted by molar-refractivity contribution is 7.81. The number of nitrogens with zero attached hydrogens (tertiary/aromatic N) is 2. The van der Waals surface area contributed by atoms with Crippen LogP contribution in [0, 0.1) is 0 Å². The van der Waals surface area contributed by atoms with Crippen LogP contribution in [0.25, 0.3) is 0 Å². The first-order valence-corrected chi connectivity index (χ1v) is 16.4. The first kappa shape index (κ1) is 29.8. The molecule has 0 aliphatic carbocycles. The minimum Gasteiger partial charge on any atom is -0.347 e. The third-order valence-corrected chi connectivity index (χ3v) is 11.8. The second-order valence-corrected chi connectivity index (χ2v) is 14.9. The van der Waals surface area contributed by atoms with Gasteiger partial charge in [0.2, 0.25) is 0 Å². The predicted molar refractivity (Wildman–Crippen MR) is 142 cm³/mol. The van der Waals surface area contributed by atoms with Crippen LogP contribution in [-0.4, -0.2) is 70.9 Å². The lowest BCUT2D eigenvalue weighted by atomic mass is 10.3. The lowest BCUT2D eigenvalue weighted by Crippen LogP contribution is -2.47. The van der Waals surface area contributed by atoms with Crippen LogP contribution in [0.5, 0.6) is 0 Å². The zero-order valence-corrected chi connectivity index (χ0v) is 23.3. The highest BCUT2D eigenvalue weighted by Gasteiger charge is 2.23. The number of hydrogen-bond donors (Lipinski definition) is 2. The van der Waals surface area contributed by atoms with Crippen LogP contribution in [0.4, 0.5) is 0 Å². The van der Waals surface area contributed by atoms with Gasteiger partial charge in [0.15, 0.2) is 24.8 Å². The van der Waals surface area contributed by atoms with Gasteiger partial charge in [-0.25, -0.2) is 0 Å². The van der Waals surface area contributed by atoms with Crippen molar-refractivity contribution in [1.82, 2.24) is 20.0 Å². The summed E-state index contributed by atoms with van der Waals surface area (Å²) in [5, 5.41) is 7.45. The molecular formula is C20H44N4O2P2S2. The molecule has 0 spiro atoms. The van der Waals surface area contributed by atoms with E-state index in [1.807, 2.05) is 27.7 Å². The van der Waals surface area contributed by atoms with Crippen LogP contribution < -0.4 is 10.2 Å². The highest BCUT2D eigenvalue weighted by atomic mass is 32.1. The maximum atomic E-state index is 12.9. The van der Waals surface area contributed by atoms with Crippen molar-refractivity contribution in [3.05, 3.63) is 0 Å². The number of thiocarbonyl (C=S) groups is 2. The van der Waals surface area contributed by atoms with Crippen LogP contribution in [0.2, 0.25) is 0 Å². The fraction of sp³-hybridized carbons (Fsp3) is 0.900. The van der Waals surface area contributed by atoms with E-state index in [1.54, 1.807) is 0 Å². The molecule has 0 amide bonds. The Morgan fingerprint density at radius 1 is 0.633 bits per heavy atom. The Bertz CT molecular complexity index is 552. The number of nitrogens with one attached hydrogen (secondary N) is 2. The molecule has 0 rings (SSSR count). The molecule has 0 bridgehead atoms. The van der Waals surface area contributed by atoms with Crippen molar-refractivity contribution < 1.29 is 9.13 Å². The summed E-state index contributed by atoms with van der Waals surface area (Å²) >= 11 is 11.3. The molecule has 0 aliphatic rings. The molecule has 178 valence electrons. The second kappa shape index (κ2) is 15.6. The molecule has 0 fully saturated rings. The van der Waals surface area contributed by atoms with Crippen LogP contribution >= 0.6 is 39.0 Å². The van der Waals surface area contributed by atoms with Gasteiger partial charge in [-0.15, -0.1) is 0 Å². The van der Waals surface area contributed by atoms with Gasteiger partial charge in [-0.1, -0.05) is 54.4 Å². The fourth-order valence-electron chi connectivity index (χ4n) is 2.82. The molecule has 0 radical (unpaired) electrons. The number of unbranched alkanes of at least 4 members (excludes halogenated alkanes) is 2. The Labute approximate surface area is 196 Å². The van der Waals surface area contributed by atoms with Crippen molar-refractivity contribution in [3.8, 4) is 0 Å². The van der Waals surface area contributed by atoms with Gasteiger partial charge in [-0.2, -0.15) is 0 Å². The van der Waals surface area contributed by atoms with Gasteiger partial charge in [0, 0.05) is 50.8 Å². The highest BCUT2D eigenvalue weighted by Crippen LogP contribution is 2.40. The van der Waals surface area contributed by atoms with E-state index in [9.17, 15) is 9.13 Å². The predicted octanol–water partition coefficient (Wildman–Crippen LogP) is 5.58. The summed E-state index contributed by atoms with van der Waals surface area (Å²) in [6, 6.07) is 0. The topological polar surface area (TPSA) is 64.7 Å². The first-order chi connectivity index (χ1) is 14.1. The average molecular weight is 499 g/mol. The summed E-state index contributed by atoms with van der Waals surface area (Å²) in [5.74, 6) is 0. The van der Waals surface area contributed by atoms with Gasteiger partial charge in [-0.05, 0) is 37.3 Å². The fourth-order valence-corrected chi connectivity index (χ4v) is 6.69. The van der Waals surface area contributed by atoms with Gasteiger partial charge in [0.05, 0.1) is 0 Å². The van der Waals surface area contributed by atoms with Crippen molar-refractivity contribution in [2.75, 3.05) is 50.8 Å².